The second kappa shape index (κ2) is 4.60. The molecule has 1 aliphatic rings. The van der Waals surface area contributed by atoms with Crippen LogP contribution in [-0.4, -0.2) is 9.38 Å². The maximum Gasteiger partial charge on any atom is 0.139 e. The number of nitrogen functional groups attached to an aromatic ring is 1. The maximum atomic E-state index is 6.31. The third-order valence-corrected chi connectivity index (χ3v) is 4.98. The lowest BCUT2D eigenvalue weighted by atomic mass is 10.1. The Kier molecular flexibility index (Phi) is 2.82. The standard InChI is InChI=1S/C17H16BrN3/c1-10-7-15-20-16(17(19)21(15)9-14(10)18)13-4-2-3-12(8-13)11-5-6-11/h2-4,7-9,11H,5-6,19H2,1H3. The Morgan fingerprint density at radius 3 is 2.86 bits per heavy atom. The summed E-state index contributed by atoms with van der Waals surface area (Å²) in [5.41, 5.74) is 11.7. The third kappa shape index (κ3) is 2.14. The monoisotopic (exact) mass is 341 g/mol. The summed E-state index contributed by atoms with van der Waals surface area (Å²) in [4.78, 5) is 4.72. The van der Waals surface area contributed by atoms with Crippen molar-refractivity contribution in [2.24, 2.45) is 0 Å². The van der Waals surface area contributed by atoms with E-state index >= 15 is 0 Å². The molecule has 0 bridgehead atoms. The van der Waals surface area contributed by atoms with Gasteiger partial charge in [0.2, 0.25) is 0 Å². The summed E-state index contributed by atoms with van der Waals surface area (Å²) in [5, 5.41) is 0. The number of fused-ring (bicyclic) bond motifs is 1. The van der Waals surface area contributed by atoms with Crippen LogP contribution in [0.3, 0.4) is 0 Å². The van der Waals surface area contributed by atoms with Crippen LogP contribution in [0.2, 0.25) is 0 Å². The number of benzene rings is 1. The fraction of sp³-hybridized carbons (Fsp3) is 0.235. The Hall–Kier alpha value is -1.81. The number of hydrogen-bond acceptors (Lipinski definition) is 2. The van der Waals surface area contributed by atoms with Gasteiger partial charge in [0.15, 0.2) is 0 Å². The second-order valence-electron chi connectivity index (χ2n) is 5.78. The van der Waals surface area contributed by atoms with Gasteiger partial charge in [-0.3, -0.25) is 4.40 Å². The highest BCUT2D eigenvalue weighted by molar-refractivity contribution is 9.10. The van der Waals surface area contributed by atoms with E-state index in [0.717, 1.165) is 32.9 Å². The smallest absolute Gasteiger partial charge is 0.139 e. The van der Waals surface area contributed by atoms with E-state index in [9.17, 15) is 0 Å². The van der Waals surface area contributed by atoms with Crippen molar-refractivity contribution in [1.29, 1.82) is 0 Å². The number of pyridine rings is 1. The van der Waals surface area contributed by atoms with Crippen LogP contribution in [0.25, 0.3) is 16.9 Å². The Bertz CT molecular complexity index is 847. The van der Waals surface area contributed by atoms with Crippen molar-refractivity contribution >= 4 is 27.4 Å². The first-order valence-corrected chi connectivity index (χ1v) is 7.97. The molecule has 4 heteroatoms. The summed E-state index contributed by atoms with van der Waals surface area (Å²) in [7, 11) is 0. The van der Waals surface area contributed by atoms with Gasteiger partial charge >= 0.3 is 0 Å². The largest absolute Gasteiger partial charge is 0.383 e. The van der Waals surface area contributed by atoms with Crippen LogP contribution in [0.15, 0.2) is 41.0 Å². The molecule has 1 aliphatic carbocycles. The normalized spacial score (nSPS) is 14.8. The Balaban J connectivity index is 1.90. The predicted molar refractivity (Wildman–Crippen MR) is 89.5 cm³/mol. The Morgan fingerprint density at radius 2 is 2.10 bits per heavy atom. The first kappa shape index (κ1) is 12.9. The molecule has 0 spiro atoms. The quantitative estimate of drug-likeness (QED) is 0.743. The molecule has 106 valence electrons. The number of imidazole rings is 1. The molecule has 2 N–H and O–H groups in total. The van der Waals surface area contributed by atoms with Crippen molar-refractivity contribution in [3.63, 3.8) is 0 Å². The van der Waals surface area contributed by atoms with E-state index < -0.39 is 0 Å². The van der Waals surface area contributed by atoms with Crippen molar-refractivity contribution in [2.75, 3.05) is 5.73 Å². The molecule has 2 heterocycles. The summed E-state index contributed by atoms with van der Waals surface area (Å²) in [6.45, 7) is 2.06. The van der Waals surface area contributed by atoms with E-state index in [4.69, 9.17) is 10.7 Å². The molecule has 4 rings (SSSR count). The third-order valence-electron chi connectivity index (χ3n) is 4.15. The Morgan fingerprint density at radius 1 is 1.29 bits per heavy atom. The summed E-state index contributed by atoms with van der Waals surface area (Å²) < 4.78 is 2.98. The highest BCUT2D eigenvalue weighted by Gasteiger charge is 2.24. The van der Waals surface area contributed by atoms with Gasteiger partial charge in [-0.1, -0.05) is 18.2 Å². The lowest BCUT2D eigenvalue weighted by molar-refractivity contribution is 1.13. The number of halogens is 1. The number of anilines is 1. The van der Waals surface area contributed by atoms with Gasteiger partial charge in [-0.15, -0.1) is 0 Å². The van der Waals surface area contributed by atoms with E-state index in [1.54, 1.807) is 0 Å². The molecule has 0 radical (unpaired) electrons. The van der Waals surface area contributed by atoms with E-state index in [1.165, 1.54) is 18.4 Å². The van der Waals surface area contributed by atoms with Crippen LogP contribution >= 0.6 is 15.9 Å². The first-order valence-electron chi connectivity index (χ1n) is 7.17. The molecule has 21 heavy (non-hydrogen) atoms. The van der Waals surface area contributed by atoms with Gasteiger partial charge in [0.25, 0.3) is 0 Å². The SMILES string of the molecule is Cc1cc2nc(-c3cccc(C4CC4)c3)c(N)n2cc1Br. The number of nitrogens with two attached hydrogens (primary N) is 1. The molecule has 0 unspecified atom stereocenters. The number of aryl methyl sites for hydroxylation is 1. The van der Waals surface area contributed by atoms with Gasteiger partial charge in [-0.05, 0) is 64.9 Å². The minimum absolute atomic E-state index is 0.693. The Labute approximate surface area is 131 Å². The van der Waals surface area contributed by atoms with E-state index in [2.05, 4.69) is 53.2 Å². The van der Waals surface area contributed by atoms with E-state index in [1.807, 2.05) is 10.6 Å². The van der Waals surface area contributed by atoms with Crippen LogP contribution in [0.5, 0.6) is 0 Å². The molecule has 3 aromatic rings. The lowest BCUT2D eigenvalue weighted by Gasteiger charge is -2.03. The molecular weight excluding hydrogens is 326 g/mol. The minimum atomic E-state index is 0.693. The van der Waals surface area contributed by atoms with Crippen LogP contribution in [0, 0.1) is 6.92 Å². The van der Waals surface area contributed by atoms with Gasteiger partial charge in [0.05, 0.1) is 0 Å². The van der Waals surface area contributed by atoms with Crippen LogP contribution in [0.1, 0.15) is 29.9 Å². The zero-order valence-electron chi connectivity index (χ0n) is 11.8. The van der Waals surface area contributed by atoms with Crippen LogP contribution in [0.4, 0.5) is 5.82 Å². The van der Waals surface area contributed by atoms with Gasteiger partial charge in [-0.25, -0.2) is 4.98 Å². The average Bonchev–Trinajstić information content (AvgIpc) is 3.28. The fourth-order valence-electron chi connectivity index (χ4n) is 2.75. The number of aromatic nitrogens is 2. The molecule has 1 aromatic carbocycles. The molecule has 0 atom stereocenters. The number of hydrogen-bond donors (Lipinski definition) is 1. The van der Waals surface area contributed by atoms with Crippen molar-refractivity contribution in [3.05, 3.63) is 52.1 Å². The van der Waals surface area contributed by atoms with Gasteiger partial charge in [0, 0.05) is 16.2 Å². The van der Waals surface area contributed by atoms with Crippen molar-refractivity contribution < 1.29 is 0 Å². The van der Waals surface area contributed by atoms with Gasteiger partial charge in [0.1, 0.15) is 17.2 Å². The lowest BCUT2D eigenvalue weighted by Crippen LogP contribution is -1.95. The second-order valence-corrected chi connectivity index (χ2v) is 6.63. The summed E-state index contributed by atoms with van der Waals surface area (Å²) in [6, 6.07) is 10.7. The number of rotatable bonds is 2. The molecular formula is C17H16BrN3. The zero-order valence-corrected chi connectivity index (χ0v) is 13.4. The highest BCUT2D eigenvalue weighted by atomic mass is 79.9. The maximum absolute atomic E-state index is 6.31. The summed E-state index contributed by atoms with van der Waals surface area (Å²) in [6.07, 6.45) is 4.59. The minimum Gasteiger partial charge on any atom is -0.383 e. The van der Waals surface area contributed by atoms with Crippen LogP contribution in [-0.2, 0) is 0 Å². The van der Waals surface area contributed by atoms with Gasteiger partial charge < -0.3 is 5.73 Å². The summed E-state index contributed by atoms with van der Waals surface area (Å²) in [5.74, 6) is 1.43. The predicted octanol–water partition coefficient (Wildman–Crippen LogP) is 4.53. The summed E-state index contributed by atoms with van der Waals surface area (Å²) >= 11 is 3.55. The zero-order chi connectivity index (χ0) is 14.6. The molecule has 1 fully saturated rings. The number of nitrogens with zero attached hydrogens (tertiary/aromatic N) is 2. The highest BCUT2D eigenvalue weighted by Crippen LogP contribution is 2.41. The van der Waals surface area contributed by atoms with Crippen molar-refractivity contribution in [2.45, 2.75) is 25.7 Å². The van der Waals surface area contributed by atoms with Crippen molar-refractivity contribution in [3.8, 4) is 11.3 Å². The van der Waals surface area contributed by atoms with E-state index in [-0.39, 0.29) is 0 Å². The molecule has 0 amide bonds. The molecule has 1 saturated carbocycles. The average molecular weight is 342 g/mol. The van der Waals surface area contributed by atoms with Crippen LogP contribution < -0.4 is 5.73 Å². The molecule has 0 aliphatic heterocycles. The van der Waals surface area contributed by atoms with Crippen molar-refractivity contribution in [1.82, 2.24) is 9.38 Å². The first-order chi connectivity index (χ1) is 10.1. The van der Waals surface area contributed by atoms with E-state index in [0.29, 0.717) is 5.82 Å². The topological polar surface area (TPSA) is 43.3 Å². The molecule has 2 aromatic heterocycles. The molecule has 3 nitrogen and oxygen atoms in total. The fourth-order valence-corrected chi connectivity index (χ4v) is 3.07. The van der Waals surface area contributed by atoms with Gasteiger partial charge in [-0.2, -0.15) is 0 Å². The molecule has 0 saturated heterocycles.